The summed E-state index contributed by atoms with van der Waals surface area (Å²) in [5, 5.41) is 0. The molecule has 1 aromatic carbocycles. The average Bonchev–Trinajstić information content (AvgIpc) is 3.51. The van der Waals surface area contributed by atoms with Gasteiger partial charge in [-0.25, -0.2) is 8.42 Å². The molecule has 0 saturated heterocycles. The van der Waals surface area contributed by atoms with Gasteiger partial charge in [0.25, 0.3) is 5.91 Å². The van der Waals surface area contributed by atoms with E-state index in [9.17, 15) is 13.2 Å². The maximum Gasteiger partial charge on any atom is 0.257 e. The van der Waals surface area contributed by atoms with Crippen LogP contribution in [0.3, 0.4) is 0 Å². The van der Waals surface area contributed by atoms with E-state index in [0.29, 0.717) is 30.2 Å². The van der Waals surface area contributed by atoms with Crippen molar-refractivity contribution in [2.45, 2.75) is 38.8 Å². The zero-order chi connectivity index (χ0) is 22.8. The summed E-state index contributed by atoms with van der Waals surface area (Å²) in [6.45, 7) is 7.12. The van der Waals surface area contributed by atoms with Crippen LogP contribution in [-0.2, 0) is 14.8 Å². The van der Waals surface area contributed by atoms with Crippen LogP contribution in [0.15, 0.2) is 18.2 Å². The first kappa shape index (κ1) is 23.8. The van der Waals surface area contributed by atoms with Crippen molar-refractivity contribution in [1.29, 1.82) is 0 Å². The third-order valence-corrected chi connectivity index (χ3v) is 6.67. The number of nitrogens with one attached hydrogen (secondary N) is 1. The molecule has 1 aromatic rings. The Morgan fingerprint density at radius 1 is 1.23 bits per heavy atom. The molecule has 1 N–H and O–H groups in total. The Morgan fingerprint density at radius 3 is 2.55 bits per heavy atom. The molecular weight excluding hydrogens is 418 g/mol. The molecule has 1 aliphatic heterocycles. The van der Waals surface area contributed by atoms with Crippen LogP contribution in [0.2, 0.25) is 0 Å². The van der Waals surface area contributed by atoms with Crippen molar-refractivity contribution < 1.29 is 22.7 Å². The Bertz CT molecular complexity index is 887. The van der Waals surface area contributed by atoms with Crippen LogP contribution in [0.5, 0.6) is 5.75 Å². The summed E-state index contributed by atoms with van der Waals surface area (Å²) in [5.74, 6) is 1.21. The van der Waals surface area contributed by atoms with E-state index in [1.165, 1.54) is 12.8 Å². The lowest BCUT2D eigenvalue weighted by molar-refractivity contribution is 0.00994. The normalized spacial score (nSPS) is 26.4. The van der Waals surface area contributed by atoms with Gasteiger partial charge in [-0.3, -0.25) is 14.4 Å². The number of methoxy groups -OCH3 is 1. The fourth-order valence-corrected chi connectivity index (χ4v) is 4.57. The average molecular weight is 454 g/mol. The van der Waals surface area contributed by atoms with Gasteiger partial charge in [0.15, 0.2) is 0 Å². The number of carbonyl (C=O) groups is 1. The van der Waals surface area contributed by atoms with Crippen molar-refractivity contribution in [3.8, 4) is 5.75 Å². The summed E-state index contributed by atoms with van der Waals surface area (Å²) < 4.78 is 37.6. The van der Waals surface area contributed by atoms with Crippen LogP contribution in [0.25, 0.3) is 0 Å². The number of likely N-dealkylation sites (N-methyl/N-ethyl adjacent to an activating group) is 1. The van der Waals surface area contributed by atoms with Gasteiger partial charge in [0.1, 0.15) is 12.4 Å². The number of anilines is 1. The minimum absolute atomic E-state index is 0.107. The predicted octanol–water partition coefficient (Wildman–Crippen LogP) is 2.27. The quantitative estimate of drug-likeness (QED) is 0.736. The summed E-state index contributed by atoms with van der Waals surface area (Å²) in [6, 6.07) is 4.99. The topological polar surface area (TPSA) is 88.2 Å². The maximum atomic E-state index is 13.2. The molecule has 9 heteroatoms. The van der Waals surface area contributed by atoms with Gasteiger partial charge in [-0.1, -0.05) is 6.92 Å². The largest absolute Gasteiger partial charge is 0.491 e. The lowest BCUT2D eigenvalue weighted by atomic mass is 10.0. The zero-order valence-electron chi connectivity index (χ0n) is 19.1. The third kappa shape index (κ3) is 6.57. The van der Waals surface area contributed by atoms with Crippen molar-refractivity contribution in [3.63, 3.8) is 0 Å². The highest BCUT2D eigenvalue weighted by Crippen LogP contribution is 2.32. The monoisotopic (exact) mass is 453 g/mol. The second kappa shape index (κ2) is 9.75. The van der Waals surface area contributed by atoms with E-state index in [4.69, 9.17) is 9.47 Å². The van der Waals surface area contributed by atoms with Crippen LogP contribution in [0.1, 0.15) is 37.0 Å². The standard InChI is InChI=1S/C22H35N3O5S/c1-15-11-25(12-17-6-7-17)16(2)14-30-20-9-8-18(23-31(5,27)28)10-19(20)22(26)24(3)13-21(15)29-4/h8-10,15-17,21,23H,6-7,11-14H2,1-5H3/t15-,16+,21-/m1/s1. The predicted molar refractivity (Wildman–Crippen MR) is 121 cm³/mol. The maximum absolute atomic E-state index is 13.2. The lowest BCUT2D eigenvalue weighted by Gasteiger charge is -2.36. The highest BCUT2D eigenvalue weighted by atomic mass is 32.2. The molecule has 2 aliphatic rings. The van der Waals surface area contributed by atoms with Crippen molar-refractivity contribution >= 4 is 21.6 Å². The zero-order valence-corrected chi connectivity index (χ0v) is 19.9. The van der Waals surface area contributed by atoms with Crippen molar-refractivity contribution in [2.24, 2.45) is 11.8 Å². The van der Waals surface area contributed by atoms with Crippen LogP contribution in [-0.4, -0.2) is 82.9 Å². The van der Waals surface area contributed by atoms with E-state index in [-0.39, 0.29) is 24.0 Å². The molecule has 0 unspecified atom stereocenters. The van der Waals surface area contributed by atoms with Gasteiger partial charge in [-0.2, -0.15) is 0 Å². The summed E-state index contributed by atoms with van der Waals surface area (Å²) in [5.41, 5.74) is 0.666. The summed E-state index contributed by atoms with van der Waals surface area (Å²) in [4.78, 5) is 17.3. The summed E-state index contributed by atoms with van der Waals surface area (Å²) in [6.07, 6.45) is 3.53. The first-order valence-electron chi connectivity index (χ1n) is 10.8. The third-order valence-electron chi connectivity index (χ3n) is 6.07. The van der Waals surface area contributed by atoms with Crippen LogP contribution >= 0.6 is 0 Å². The van der Waals surface area contributed by atoms with Gasteiger partial charge in [0, 0.05) is 45.5 Å². The van der Waals surface area contributed by atoms with E-state index >= 15 is 0 Å². The number of benzene rings is 1. The second-order valence-electron chi connectivity index (χ2n) is 9.08. The van der Waals surface area contributed by atoms with Crippen molar-refractivity contribution in [3.05, 3.63) is 23.8 Å². The minimum atomic E-state index is -3.46. The first-order valence-corrected chi connectivity index (χ1v) is 12.7. The molecule has 0 aromatic heterocycles. The fourth-order valence-electron chi connectivity index (χ4n) is 4.02. The fraction of sp³-hybridized carbons (Fsp3) is 0.682. The van der Waals surface area contributed by atoms with Crippen molar-refractivity contribution in [2.75, 3.05) is 51.4 Å². The Morgan fingerprint density at radius 2 is 1.94 bits per heavy atom. The number of rotatable bonds is 5. The highest BCUT2D eigenvalue weighted by Gasteiger charge is 2.31. The molecule has 174 valence electrons. The van der Waals surface area contributed by atoms with Gasteiger partial charge in [0.05, 0.1) is 17.9 Å². The first-order chi connectivity index (χ1) is 14.6. The number of carbonyl (C=O) groups excluding carboxylic acids is 1. The molecule has 1 fully saturated rings. The molecular formula is C22H35N3O5S. The van der Waals surface area contributed by atoms with E-state index in [2.05, 4.69) is 23.5 Å². The number of amides is 1. The molecule has 0 spiro atoms. The van der Waals surface area contributed by atoms with Gasteiger partial charge in [-0.05, 0) is 49.8 Å². The molecule has 0 bridgehead atoms. The van der Waals surface area contributed by atoms with Crippen LogP contribution in [0.4, 0.5) is 5.69 Å². The molecule has 3 rings (SSSR count). The number of ether oxygens (including phenoxy) is 2. The minimum Gasteiger partial charge on any atom is -0.491 e. The molecule has 0 radical (unpaired) electrons. The smallest absolute Gasteiger partial charge is 0.257 e. The van der Waals surface area contributed by atoms with Gasteiger partial charge in [-0.15, -0.1) is 0 Å². The Hall–Kier alpha value is -1.84. The number of fused-ring (bicyclic) bond motifs is 1. The van der Waals surface area contributed by atoms with E-state index in [1.807, 2.05) is 0 Å². The Kier molecular flexibility index (Phi) is 7.49. The highest BCUT2D eigenvalue weighted by molar-refractivity contribution is 7.92. The number of sulfonamides is 1. The molecule has 1 aliphatic carbocycles. The van der Waals surface area contributed by atoms with Crippen molar-refractivity contribution in [1.82, 2.24) is 9.80 Å². The molecule has 3 atom stereocenters. The molecule has 8 nitrogen and oxygen atoms in total. The SMILES string of the molecule is CO[C@@H]1CN(C)C(=O)c2cc(NS(C)(=O)=O)ccc2OC[C@H](C)N(CC2CC2)C[C@H]1C. The van der Waals surface area contributed by atoms with Gasteiger partial charge < -0.3 is 14.4 Å². The van der Waals surface area contributed by atoms with Gasteiger partial charge in [0.2, 0.25) is 10.0 Å². The molecule has 1 amide bonds. The molecule has 1 heterocycles. The second-order valence-corrected chi connectivity index (χ2v) is 10.8. The van der Waals surface area contributed by atoms with E-state index < -0.39 is 10.0 Å². The summed E-state index contributed by atoms with van der Waals surface area (Å²) >= 11 is 0. The number of hydrogen-bond acceptors (Lipinski definition) is 6. The Balaban J connectivity index is 1.93. The Labute approximate surface area is 185 Å². The van der Waals surface area contributed by atoms with E-state index in [0.717, 1.165) is 25.3 Å². The molecule has 1 saturated carbocycles. The number of hydrogen-bond donors (Lipinski definition) is 1. The summed E-state index contributed by atoms with van der Waals surface area (Å²) in [7, 11) is -0.0391. The molecule has 31 heavy (non-hydrogen) atoms. The van der Waals surface area contributed by atoms with Gasteiger partial charge >= 0.3 is 0 Å². The number of nitrogens with zero attached hydrogens (tertiary/aromatic N) is 2. The van der Waals surface area contributed by atoms with Crippen LogP contribution < -0.4 is 9.46 Å². The van der Waals surface area contributed by atoms with E-state index in [1.54, 1.807) is 37.3 Å². The lowest BCUT2D eigenvalue weighted by Crippen LogP contribution is -2.47. The van der Waals surface area contributed by atoms with Crippen LogP contribution in [0, 0.1) is 11.8 Å².